The van der Waals surface area contributed by atoms with E-state index >= 15 is 0 Å². The Morgan fingerprint density at radius 1 is 1.02 bits per heavy atom. The van der Waals surface area contributed by atoms with Gasteiger partial charge in [0.05, 0.1) is 0 Å². The maximum Gasteiger partial charge on any atom is 0.407 e. The molecule has 3 aromatic carbocycles. The number of nitrogens with one attached hydrogen (secondary N) is 2. The minimum atomic E-state index is -1.05. The van der Waals surface area contributed by atoms with Crippen LogP contribution >= 0.6 is 24.0 Å². The summed E-state index contributed by atoms with van der Waals surface area (Å²) in [5.74, 6) is -1.70. The summed E-state index contributed by atoms with van der Waals surface area (Å²) in [7, 11) is 0. The molecule has 1 atom stereocenters. The first kappa shape index (κ1) is 30.1. The molecule has 1 aliphatic heterocycles. The summed E-state index contributed by atoms with van der Waals surface area (Å²) >= 11 is 6.90. The van der Waals surface area contributed by atoms with E-state index in [0.29, 0.717) is 18.4 Å². The highest BCUT2D eigenvalue weighted by molar-refractivity contribution is 8.15. The first-order valence-electron chi connectivity index (χ1n) is 12.9. The molecule has 7 nitrogen and oxygen atoms in total. The standard InChI is InChI=1S/C30H30F2N4O3S2/c1-29(2,3)39-28(38)33-18-10-17-30(21-13-8-5-9-14-21)36(27(40)34-25(37)20-11-6-4-7-12-20)35-26(41-30)23-19-22(31)15-16-24(23)32/h4-9,11-16,19H,10,17-18H2,1-3H3,(H,33,38)(H,34,37,40). The molecule has 0 bridgehead atoms. The van der Waals surface area contributed by atoms with Crippen LogP contribution in [0.4, 0.5) is 13.6 Å². The Labute approximate surface area is 247 Å². The summed E-state index contributed by atoms with van der Waals surface area (Å²) in [6.07, 6.45) is 0.260. The molecule has 0 saturated carbocycles. The number of halogens is 2. The fourth-order valence-electron chi connectivity index (χ4n) is 4.20. The zero-order chi connectivity index (χ0) is 29.6. The second kappa shape index (κ2) is 12.8. The lowest BCUT2D eigenvalue weighted by atomic mass is 10.0. The molecule has 1 unspecified atom stereocenters. The third-order valence-corrected chi connectivity index (χ3v) is 7.71. The van der Waals surface area contributed by atoms with Crippen LogP contribution < -0.4 is 10.6 Å². The van der Waals surface area contributed by atoms with E-state index in [-0.39, 0.29) is 22.3 Å². The zero-order valence-electron chi connectivity index (χ0n) is 22.8. The number of rotatable bonds is 7. The number of thioether (sulfide) groups is 1. The maximum absolute atomic E-state index is 14.9. The van der Waals surface area contributed by atoms with Gasteiger partial charge in [0.15, 0.2) is 5.11 Å². The Hall–Kier alpha value is -3.83. The van der Waals surface area contributed by atoms with E-state index in [4.69, 9.17) is 17.0 Å². The summed E-state index contributed by atoms with van der Waals surface area (Å²) in [5, 5.41) is 11.8. The van der Waals surface area contributed by atoms with Gasteiger partial charge in [0.25, 0.3) is 5.91 Å². The van der Waals surface area contributed by atoms with Crippen molar-refractivity contribution in [3.8, 4) is 0 Å². The number of nitrogens with zero attached hydrogens (tertiary/aromatic N) is 2. The topological polar surface area (TPSA) is 83.0 Å². The van der Waals surface area contributed by atoms with Gasteiger partial charge >= 0.3 is 6.09 Å². The van der Waals surface area contributed by atoms with Crippen molar-refractivity contribution in [1.82, 2.24) is 15.6 Å². The fraction of sp³-hybridized carbons (Fsp3) is 0.267. The van der Waals surface area contributed by atoms with Gasteiger partial charge in [-0.2, -0.15) is 5.10 Å². The van der Waals surface area contributed by atoms with Gasteiger partial charge in [-0.3, -0.25) is 10.1 Å². The summed E-state index contributed by atoms with van der Waals surface area (Å²) in [6, 6.07) is 21.0. The molecule has 0 aliphatic carbocycles. The SMILES string of the molecule is CC(C)(C)OC(=O)NCCCC1(c2ccccc2)SC(c2cc(F)ccc2F)=NN1C(=S)NC(=O)c1ccccc1. The number of benzene rings is 3. The van der Waals surface area contributed by atoms with Crippen molar-refractivity contribution >= 4 is 46.1 Å². The van der Waals surface area contributed by atoms with Gasteiger partial charge in [0, 0.05) is 17.7 Å². The summed E-state index contributed by atoms with van der Waals surface area (Å²) < 4.78 is 34.4. The van der Waals surface area contributed by atoms with Gasteiger partial charge in [-0.05, 0) is 81.7 Å². The van der Waals surface area contributed by atoms with Crippen LogP contribution in [0.1, 0.15) is 55.1 Å². The van der Waals surface area contributed by atoms with Crippen LogP contribution in [0.5, 0.6) is 0 Å². The number of carbonyl (C=O) groups is 2. The zero-order valence-corrected chi connectivity index (χ0v) is 24.5. The van der Waals surface area contributed by atoms with Crippen LogP contribution in [0.25, 0.3) is 0 Å². The third kappa shape index (κ3) is 7.47. The molecular formula is C30H30F2N4O3S2. The van der Waals surface area contributed by atoms with Crippen molar-refractivity contribution in [3.05, 3.63) is 107 Å². The lowest BCUT2D eigenvalue weighted by molar-refractivity contribution is 0.0525. The Morgan fingerprint density at radius 3 is 2.34 bits per heavy atom. The van der Waals surface area contributed by atoms with Crippen molar-refractivity contribution in [3.63, 3.8) is 0 Å². The van der Waals surface area contributed by atoms with Gasteiger partial charge < -0.3 is 10.1 Å². The second-order valence-electron chi connectivity index (χ2n) is 10.3. The molecule has 0 aromatic heterocycles. The molecule has 2 N–H and O–H groups in total. The quantitative estimate of drug-likeness (QED) is 0.238. The van der Waals surface area contributed by atoms with Crippen molar-refractivity contribution in [2.75, 3.05) is 6.54 Å². The molecule has 1 heterocycles. The minimum absolute atomic E-state index is 0.0119. The number of hydrogen-bond donors (Lipinski definition) is 2. The molecule has 0 saturated heterocycles. The van der Waals surface area contributed by atoms with Crippen LogP contribution in [0.15, 0.2) is 84.0 Å². The molecule has 214 valence electrons. The predicted octanol–water partition coefficient (Wildman–Crippen LogP) is 6.55. The molecule has 1 aliphatic rings. The molecule has 0 fully saturated rings. The smallest absolute Gasteiger partial charge is 0.407 e. The Bertz CT molecular complexity index is 1450. The normalized spacial score (nSPS) is 16.6. The number of thiocarbonyl (C=S) groups is 1. The van der Waals surface area contributed by atoms with Gasteiger partial charge in [0.2, 0.25) is 0 Å². The van der Waals surface area contributed by atoms with Crippen molar-refractivity contribution in [2.24, 2.45) is 5.10 Å². The van der Waals surface area contributed by atoms with Crippen LogP contribution in [0.2, 0.25) is 0 Å². The van der Waals surface area contributed by atoms with Crippen molar-refractivity contribution in [1.29, 1.82) is 0 Å². The highest BCUT2D eigenvalue weighted by atomic mass is 32.2. The van der Waals surface area contributed by atoms with Gasteiger partial charge in [0.1, 0.15) is 27.2 Å². The average Bonchev–Trinajstić information content (AvgIpc) is 3.33. The number of hydrogen-bond acceptors (Lipinski definition) is 6. The van der Waals surface area contributed by atoms with Crippen LogP contribution in [0.3, 0.4) is 0 Å². The number of carbonyl (C=O) groups excluding carboxylic acids is 2. The highest BCUT2D eigenvalue weighted by Crippen LogP contribution is 2.50. The predicted molar refractivity (Wildman–Crippen MR) is 160 cm³/mol. The molecule has 3 aromatic rings. The molecule has 2 amide bonds. The van der Waals surface area contributed by atoms with E-state index in [1.54, 1.807) is 51.1 Å². The van der Waals surface area contributed by atoms with Crippen molar-refractivity contribution in [2.45, 2.75) is 44.1 Å². The van der Waals surface area contributed by atoms with Crippen molar-refractivity contribution < 1.29 is 23.1 Å². The maximum atomic E-state index is 14.9. The monoisotopic (exact) mass is 596 g/mol. The molecule has 4 rings (SSSR count). The van der Waals surface area contributed by atoms with Gasteiger partial charge in [-0.15, -0.1) is 0 Å². The Balaban J connectivity index is 1.68. The number of alkyl carbamates (subject to hydrolysis) is 1. The lowest BCUT2D eigenvalue weighted by Gasteiger charge is -2.37. The minimum Gasteiger partial charge on any atom is -0.444 e. The summed E-state index contributed by atoms with van der Waals surface area (Å²) in [4.78, 5) is 24.2. The fourth-order valence-corrected chi connectivity index (χ4v) is 5.98. The third-order valence-electron chi connectivity index (χ3n) is 5.99. The lowest BCUT2D eigenvalue weighted by Crippen LogP contribution is -2.48. The van der Waals surface area contributed by atoms with E-state index in [1.165, 1.54) is 16.8 Å². The summed E-state index contributed by atoms with van der Waals surface area (Å²) in [6.45, 7) is 5.60. The molecule has 11 heteroatoms. The van der Waals surface area contributed by atoms with Crippen LogP contribution in [-0.4, -0.2) is 39.3 Å². The average molecular weight is 597 g/mol. The second-order valence-corrected chi connectivity index (χ2v) is 11.9. The Kier molecular flexibility index (Phi) is 9.39. The van der Waals surface area contributed by atoms with E-state index in [2.05, 4.69) is 15.7 Å². The van der Waals surface area contributed by atoms with E-state index in [9.17, 15) is 18.4 Å². The largest absolute Gasteiger partial charge is 0.444 e. The van der Waals surface area contributed by atoms with Gasteiger partial charge in [-0.25, -0.2) is 18.6 Å². The molecular weight excluding hydrogens is 566 g/mol. The number of ether oxygens (including phenoxy) is 1. The highest BCUT2D eigenvalue weighted by Gasteiger charge is 2.48. The van der Waals surface area contributed by atoms with Gasteiger partial charge in [-0.1, -0.05) is 60.3 Å². The molecule has 41 heavy (non-hydrogen) atoms. The first-order valence-corrected chi connectivity index (χ1v) is 14.2. The first-order chi connectivity index (χ1) is 19.5. The molecule has 0 spiro atoms. The van der Waals surface area contributed by atoms with E-state index in [0.717, 1.165) is 23.8 Å². The van der Waals surface area contributed by atoms with Crippen LogP contribution in [-0.2, 0) is 9.61 Å². The molecule has 0 radical (unpaired) electrons. The van der Waals surface area contributed by atoms with E-state index < -0.39 is 34.1 Å². The van der Waals surface area contributed by atoms with Crippen LogP contribution in [0, 0.1) is 11.6 Å². The number of amides is 2. The Morgan fingerprint density at radius 2 is 1.68 bits per heavy atom. The number of hydrazone groups is 1. The van der Waals surface area contributed by atoms with E-state index in [1.807, 2.05) is 30.3 Å². The summed E-state index contributed by atoms with van der Waals surface area (Å²) in [5.41, 5.74) is 0.499.